The largest absolute Gasteiger partial charge is 0.416 e. The number of rotatable bonds is 5. The van der Waals surface area contributed by atoms with Gasteiger partial charge in [-0.3, -0.25) is 14.4 Å². The Balaban J connectivity index is 1.29. The molecule has 2 aromatic carbocycles. The van der Waals surface area contributed by atoms with Crippen LogP contribution in [-0.2, 0) is 24.1 Å². The molecule has 0 aliphatic carbocycles. The molecule has 0 spiro atoms. The summed E-state index contributed by atoms with van der Waals surface area (Å²) in [5, 5.41) is 7.16. The van der Waals surface area contributed by atoms with Gasteiger partial charge in [0.2, 0.25) is 5.91 Å². The smallest absolute Gasteiger partial charge is 0.369 e. The molecule has 40 heavy (non-hydrogen) atoms. The highest BCUT2D eigenvalue weighted by Gasteiger charge is 2.41. The molecular formula is C28H28F4N6O2. The fourth-order valence-electron chi connectivity index (χ4n) is 5.86. The number of carbonyl (C=O) groups is 2. The number of nitrogens with zero attached hydrogens (tertiary/aromatic N) is 5. The molecular weight excluding hydrogens is 528 g/mol. The van der Waals surface area contributed by atoms with Gasteiger partial charge in [-0.1, -0.05) is 30.3 Å². The number of halogens is 4. The maximum absolute atomic E-state index is 14.6. The second kappa shape index (κ2) is 9.83. The molecule has 1 atom stereocenters. The van der Waals surface area contributed by atoms with E-state index in [2.05, 4.69) is 10.4 Å². The highest BCUT2D eigenvalue weighted by atomic mass is 19.4. The molecule has 2 fully saturated rings. The lowest BCUT2D eigenvalue weighted by atomic mass is 10.00. The fourth-order valence-corrected chi connectivity index (χ4v) is 5.86. The third kappa shape index (κ3) is 4.54. The summed E-state index contributed by atoms with van der Waals surface area (Å²) in [7, 11) is 0. The van der Waals surface area contributed by atoms with Crippen molar-refractivity contribution < 1.29 is 27.2 Å². The van der Waals surface area contributed by atoms with Crippen LogP contribution in [0.5, 0.6) is 0 Å². The van der Waals surface area contributed by atoms with Gasteiger partial charge >= 0.3 is 12.2 Å². The first-order chi connectivity index (χ1) is 19.1. The number of amides is 3. The van der Waals surface area contributed by atoms with E-state index < -0.39 is 23.8 Å². The molecule has 12 heteroatoms. The number of urea groups is 1. The van der Waals surface area contributed by atoms with Crippen molar-refractivity contribution in [2.24, 2.45) is 0 Å². The molecule has 3 aromatic rings. The first kappa shape index (κ1) is 26.1. The summed E-state index contributed by atoms with van der Waals surface area (Å²) in [6.07, 6.45) is -1.74. The Labute approximate surface area is 228 Å². The van der Waals surface area contributed by atoms with Gasteiger partial charge in [-0.2, -0.15) is 18.3 Å². The van der Waals surface area contributed by atoms with Crippen molar-refractivity contribution in [3.05, 3.63) is 76.7 Å². The van der Waals surface area contributed by atoms with Crippen LogP contribution < -0.4 is 15.1 Å². The Morgan fingerprint density at radius 1 is 1.05 bits per heavy atom. The molecule has 210 valence electrons. The summed E-state index contributed by atoms with van der Waals surface area (Å²) in [6, 6.07) is 8.99. The van der Waals surface area contributed by atoms with E-state index in [1.165, 1.54) is 33.8 Å². The number of hydrogen-bond acceptors (Lipinski definition) is 4. The minimum atomic E-state index is -4.58. The number of aryl methyl sites for hydroxylation is 1. The molecule has 8 nitrogen and oxygen atoms in total. The van der Waals surface area contributed by atoms with Gasteiger partial charge in [0.1, 0.15) is 11.9 Å². The summed E-state index contributed by atoms with van der Waals surface area (Å²) in [4.78, 5) is 30.9. The average molecular weight is 557 g/mol. The molecule has 3 amide bonds. The molecule has 1 N–H and O–H groups in total. The van der Waals surface area contributed by atoms with Gasteiger partial charge in [-0.25, -0.2) is 9.18 Å². The van der Waals surface area contributed by atoms with Crippen molar-refractivity contribution >= 4 is 23.4 Å². The van der Waals surface area contributed by atoms with Crippen LogP contribution in [0.2, 0.25) is 0 Å². The van der Waals surface area contributed by atoms with Crippen molar-refractivity contribution in [3.63, 3.8) is 0 Å². The highest BCUT2D eigenvalue weighted by Crippen LogP contribution is 2.37. The van der Waals surface area contributed by atoms with E-state index in [0.29, 0.717) is 43.7 Å². The summed E-state index contributed by atoms with van der Waals surface area (Å²) >= 11 is 0. The zero-order valence-corrected chi connectivity index (χ0v) is 21.8. The van der Waals surface area contributed by atoms with E-state index in [-0.39, 0.29) is 42.2 Å². The number of benzene rings is 2. The number of hydrogen-bond donors (Lipinski definition) is 1. The third-order valence-corrected chi connectivity index (χ3v) is 8.01. The van der Waals surface area contributed by atoms with Crippen molar-refractivity contribution in [3.8, 4) is 0 Å². The molecule has 6 rings (SSSR count). The van der Waals surface area contributed by atoms with Crippen LogP contribution in [-0.4, -0.2) is 52.3 Å². The molecule has 1 aromatic heterocycles. The van der Waals surface area contributed by atoms with Crippen LogP contribution in [0, 0.1) is 12.7 Å². The zero-order valence-electron chi connectivity index (χ0n) is 21.8. The Morgan fingerprint density at radius 2 is 1.80 bits per heavy atom. The van der Waals surface area contributed by atoms with Gasteiger partial charge in [0.05, 0.1) is 24.3 Å². The van der Waals surface area contributed by atoms with Gasteiger partial charge in [0.25, 0.3) is 0 Å². The predicted molar refractivity (Wildman–Crippen MR) is 139 cm³/mol. The van der Waals surface area contributed by atoms with E-state index in [9.17, 15) is 27.2 Å². The fraction of sp³-hybridized carbons (Fsp3) is 0.393. The summed E-state index contributed by atoms with van der Waals surface area (Å²) < 4.78 is 57.5. The summed E-state index contributed by atoms with van der Waals surface area (Å²) in [6.45, 7) is 3.21. The molecule has 2 saturated heterocycles. The van der Waals surface area contributed by atoms with E-state index in [1.54, 1.807) is 17.2 Å². The van der Waals surface area contributed by atoms with Crippen molar-refractivity contribution in [2.75, 3.05) is 29.4 Å². The lowest BCUT2D eigenvalue weighted by Gasteiger charge is -2.43. The van der Waals surface area contributed by atoms with E-state index in [0.717, 1.165) is 11.6 Å². The molecule has 4 heterocycles. The Bertz CT molecular complexity index is 1440. The number of fused-ring (bicyclic) bond motifs is 1. The lowest BCUT2D eigenvalue weighted by Crippen LogP contribution is -2.54. The van der Waals surface area contributed by atoms with E-state index >= 15 is 0 Å². The number of alkyl halides is 3. The normalized spacial score (nSPS) is 19.9. The van der Waals surface area contributed by atoms with Crippen LogP contribution in [0.4, 0.5) is 33.9 Å². The second-order valence-corrected chi connectivity index (χ2v) is 10.5. The van der Waals surface area contributed by atoms with Gasteiger partial charge in [-0.15, -0.1) is 0 Å². The van der Waals surface area contributed by atoms with Crippen molar-refractivity contribution in [1.29, 1.82) is 0 Å². The summed E-state index contributed by atoms with van der Waals surface area (Å²) in [5.41, 5.74) is 1.19. The van der Waals surface area contributed by atoms with Crippen LogP contribution >= 0.6 is 0 Å². The topological polar surface area (TPSA) is 73.7 Å². The quantitative estimate of drug-likeness (QED) is 0.368. The maximum Gasteiger partial charge on any atom is 0.416 e. The number of carbonyl (C=O) groups excluding carboxylic acids is 2. The third-order valence-electron chi connectivity index (χ3n) is 8.01. The molecule has 3 aliphatic heterocycles. The number of aromatic nitrogens is 2. The molecule has 1 unspecified atom stereocenters. The molecule has 0 radical (unpaired) electrons. The number of para-hydroxylation sites is 1. The lowest BCUT2D eigenvalue weighted by molar-refractivity contribution is -0.138. The van der Waals surface area contributed by atoms with Gasteiger partial charge < -0.3 is 15.1 Å². The standard InChI is InChI=1S/C28H28F4N6O2/c1-17-5-4-8-22(29)24(17)35-11-9-20(10-12-35)36-15-19-16-38(23-13-33-26(23)39)34-25(19)37(27(36)40)14-18-6-2-3-7-21(18)28(30,31)32/h2-8,16,20,23H,9-15H2,1H3,(H,33,39). The molecule has 0 bridgehead atoms. The number of β-lactam (4-membered cyclic amide) rings is 1. The number of nitrogens with one attached hydrogen (secondary N) is 1. The van der Waals surface area contributed by atoms with Gasteiger partial charge in [0.15, 0.2) is 5.82 Å². The van der Waals surface area contributed by atoms with Crippen LogP contribution in [0.15, 0.2) is 48.7 Å². The Hall–Kier alpha value is -4.09. The number of anilines is 2. The van der Waals surface area contributed by atoms with E-state index in [4.69, 9.17) is 0 Å². The highest BCUT2D eigenvalue weighted by molar-refractivity contribution is 5.94. The second-order valence-electron chi connectivity index (χ2n) is 10.5. The average Bonchev–Trinajstić information content (AvgIpc) is 3.32. The van der Waals surface area contributed by atoms with Crippen LogP contribution in [0.3, 0.4) is 0 Å². The minimum absolute atomic E-state index is 0.0445. The van der Waals surface area contributed by atoms with Crippen LogP contribution in [0.25, 0.3) is 0 Å². The van der Waals surface area contributed by atoms with Crippen molar-refractivity contribution in [1.82, 2.24) is 20.0 Å². The van der Waals surface area contributed by atoms with Gasteiger partial charge in [-0.05, 0) is 43.0 Å². The SMILES string of the molecule is Cc1cccc(F)c1N1CCC(N2Cc3cn(C4CNC4=O)nc3N(Cc3ccccc3C(F)(F)F)C2=O)CC1. The maximum atomic E-state index is 14.6. The van der Waals surface area contributed by atoms with E-state index in [1.807, 2.05) is 17.9 Å². The monoisotopic (exact) mass is 556 g/mol. The van der Waals surface area contributed by atoms with Gasteiger partial charge in [0, 0.05) is 37.4 Å². The molecule has 3 aliphatic rings. The number of piperidine rings is 1. The van der Waals surface area contributed by atoms with Crippen LogP contribution in [0.1, 0.15) is 41.1 Å². The Morgan fingerprint density at radius 3 is 2.45 bits per heavy atom. The molecule has 0 saturated carbocycles. The Kier molecular flexibility index (Phi) is 6.42. The van der Waals surface area contributed by atoms with Crippen molar-refractivity contribution in [2.45, 2.75) is 51.1 Å². The predicted octanol–water partition coefficient (Wildman–Crippen LogP) is 4.63. The summed E-state index contributed by atoms with van der Waals surface area (Å²) in [5.74, 6) is -0.232. The first-order valence-electron chi connectivity index (χ1n) is 13.2. The first-order valence-corrected chi connectivity index (χ1v) is 13.2. The minimum Gasteiger partial charge on any atom is -0.369 e. The zero-order chi connectivity index (χ0) is 28.2.